The van der Waals surface area contributed by atoms with Crippen molar-refractivity contribution in [2.24, 2.45) is 5.73 Å². The van der Waals surface area contributed by atoms with Crippen molar-refractivity contribution in [1.29, 1.82) is 0 Å². The van der Waals surface area contributed by atoms with Gasteiger partial charge in [-0.15, -0.1) is 11.8 Å². The summed E-state index contributed by atoms with van der Waals surface area (Å²) >= 11 is 1.39. The summed E-state index contributed by atoms with van der Waals surface area (Å²) in [6.45, 7) is 0.397. The maximum absolute atomic E-state index is 12.0. The predicted molar refractivity (Wildman–Crippen MR) is 106 cm³/mol. The monoisotopic (exact) mass is 384 g/mol. The van der Waals surface area contributed by atoms with Crippen molar-refractivity contribution in [3.8, 4) is 0 Å². The number of thioether (sulfide) groups is 1. The first-order chi connectivity index (χ1) is 13.1. The lowest BCUT2D eigenvalue weighted by Crippen LogP contribution is -2.34. The SMILES string of the molecule is COC(=O)C1SC(c2ccc(NC(=O)NCc3cccnc3)cc2)=CC1N. The van der Waals surface area contributed by atoms with Crippen LogP contribution in [0.15, 0.2) is 54.9 Å². The van der Waals surface area contributed by atoms with Gasteiger partial charge in [0, 0.05) is 35.6 Å². The Hall–Kier alpha value is -2.84. The topological polar surface area (TPSA) is 106 Å². The van der Waals surface area contributed by atoms with Crippen LogP contribution in [0, 0.1) is 0 Å². The molecular weight excluding hydrogens is 364 g/mol. The van der Waals surface area contributed by atoms with E-state index in [4.69, 9.17) is 10.5 Å². The number of hydrogen-bond donors (Lipinski definition) is 3. The molecule has 1 aromatic heterocycles. The lowest BCUT2D eigenvalue weighted by atomic mass is 10.1. The molecule has 2 unspecified atom stereocenters. The largest absolute Gasteiger partial charge is 0.468 e. The number of amides is 2. The van der Waals surface area contributed by atoms with Crippen molar-refractivity contribution in [1.82, 2.24) is 10.3 Å². The first kappa shape index (κ1) is 18.9. The number of pyridine rings is 1. The number of carbonyl (C=O) groups is 2. The average molecular weight is 384 g/mol. The number of nitrogens with one attached hydrogen (secondary N) is 2. The summed E-state index contributed by atoms with van der Waals surface area (Å²) in [5, 5.41) is 5.12. The molecule has 2 atom stereocenters. The van der Waals surface area contributed by atoms with Gasteiger partial charge in [-0.05, 0) is 29.3 Å². The number of hydrogen-bond acceptors (Lipinski definition) is 6. The fourth-order valence-corrected chi connectivity index (χ4v) is 3.79. The standard InChI is InChI=1S/C19H20N4O3S/c1-26-18(24)17-15(20)9-16(27-17)13-4-6-14(7-5-13)23-19(25)22-11-12-3-2-8-21-10-12/h2-10,15,17H,11,20H2,1H3,(H2,22,23,25). The van der Waals surface area contributed by atoms with Crippen LogP contribution in [0.5, 0.6) is 0 Å². The van der Waals surface area contributed by atoms with E-state index in [1.807, 2.05) is 30.3 Å². The Morgan fingerprint density at radius 1 is 1.26 bits per heavy atom. The van der Waals surface area contributed by atoms with Crippen molar-refractivity contribution in [3.63, 3.8) is 0 Å². The Bertz CT molecular complexity index is 840. The lowest BCUT2D eigenvalue weighted by Gasteiger charge is -2.11. The number of methoxy groups -OCH3 is 1. The van der Waals surface area contributed by atoms with Gasteiger partial charge in [0.25, 0.3) is 0 Å². The number of anilines is 1. The smallest absolute Gasteiger partial charge is 0.321 e. The summed E-state index contributed by atoms with van der Waals surface area (Å²) in [5.74, 6) is -0.331. The Kier molecular flexibility index (Phi) is 6.10. The molecule has 1 aromatic carbocycles. The predicted octanol–water partition coefficient (Wildman–Crippen LogP) is 2.36. The molecule has 0 bridgehead atoms. The first-order valence-electron chi connectivity index (χ1n) is 8.33. The maximum Gasteiger partial charge on any atom is 0.321 e. The molecular formula is C19H20N4O3S. The second-order valence-corrected chi connectivity index (χ2v) is 7.10. The summed E-state index contributed by atoms with van der Waals surface area (Å²) in [4.78, 5) is 28.6. The van der Waals surface area contributed by atoms with Crippen LogP contribution in [0.4, 0.5) is 10.5 Å². The second-order valence-electron chi connectivity index (χ2n) is 5.92. The Morgan fingerprint density at radius 2 is 2.04 bits per heavy atom. The number of ether oxygens (including phenoxy) is 1. The Labute approximate surface area is 161 Å². The first-order valence-corrected chi connectivity index (χ1v) is 9.21. The number of nitrogens with two attached hydrogens (primary N) is 1. The molecule has 0 aliphatic carbocycles. The normalized spacial score (nSPS) is 18.5. The molecule has 0 saturated carbocycles. The van der Waals surface area contributed by atoms with E-state index in [2.05, 4.69) is 15.6 Å². The number of urea groups is 1. The molecule has 4 N–H and O–H groups in total. The lowest BCUT2D eigenvalue weighted by molar-refractivity contribution is -0.140. The molecule has 2 aromatic rings. The van der Waals surface area contributed by atoms with E-state index in [1.165, 1.54) is 18.9 Å². The van der Waals surface area contributed by atoms with Gasteiger partial charge in [-0.25, -0.2) is 4.79 Å². The van der Waals surface area contributed by atoms with Crippen LogP contribution in [-0.2, 0) is 16.1 Å². The van der Waals surface area contributed by atoms with Gasteiger partial charge in [0.15, 0.2) is 0 Å². The van der Waals surface area contributed by atoms with Gasteiger partial charge in [-0.2, -0.15) is 0 Å². The number of nitrogens with zero attached hydrogens (tertiary/aromatic N) is 1. The molecule has 2 amide bonds. The van der Waals surface area contributed by atoms with E-state index < -0.39 is 5.25 Å². The minimum atomic E-state index is -0.430. The van der Waals surface area contributed by atoms with E-state index in [1.54, 1.807) is 24.5 Å². The molecule has 0 radical (unpaired) electrons. The molecule has 7 nitrogen and oxygen atoms in total. The molecule has 140 valence electrons. The van der Waals surface area contributed by atoms with Crippen molar-refractivity contribution >= 4 is 34.4 Å². The number of rotatable bonds is 5. The summed E-state index contributed by atoms with van der Waals surface area (Å²) in [6, 6.07) is 10.4. The molecule has 27 heavy (non-hydrogen) atoms. The van der Waals surface area contributed by atoms with E-state index in [9.17, 15) is 9.59 Å². The third kappa shape index (κ3) is 4.87. The van der Waals surface area contributed by atoms with E-state index >= 15 is 0 Å². The second kappa shape index (κ2) is 8.70. The van der Waals surface area contributed by atoms with Gasteiger partial charge in [0.2, 0.25) is 0 Å². The minimum absolute atomic E-state index is 0.297. The molecule has 8 heteroatoms. The zero-order valence-electron chi connectivity index (χ0n) is 14.7. The van der Waals surface area contributed by atoms with Crippen LogP contribution < -0.4 is 16.4 Å². The zero-order chi connectivity index (χ0) is 19.2. The molecule has 2 heterocycles. The van der Waals surface area contributed by atoms with Crippen molar-refractivity contribution in [2.75, 3.05) is 12.4 Å². The van der Waals surface area contributed by atoms with E-state index in [0.717, 1.165) is 16.0 Å². The average Bonchev–Trinajstić information content (AvgIpc) is 3.09. The highest BCUT2D eigenvalue weighted by molar-refractivity contribution is 8.09. The highest BCUT2D eigenvalue weighted by Gasteiger charge is 2.33. The van der Waals surface area contributed by atoms with Gasteiger partial charge in [-0.1, -0.05) is 24.3 Å². The fraction of sp³-hybridized carbons (Fsp3) is 0.211. The van der Waals surface area contributed by atoms with Crippen molar-refractivity contribution in [2.45, 2.75) is 17.8 Å². The Morgan fingerprint density at radius 3 is 2.70 bits per heavy atom. The molecule has 1 aliphatic rings. The van der Waals surface area contributed by atoms with Crippen LogP contribution in [0.1, 0.15) is 11.1 Å². The highest BCUT2D eigenvalue weighted by atomic mass is 32.2. The summed E-state index contributed by atoms with van der Waals surface area (Å²) < 4.78 is 4.78. The quantitative estimate of drug-likeness (QED) is 0.683. The summed E-state index contributed by atoms with van der Waals surface area (Å²) in [6.07, 6.45) is 5.24. The number of carbonyl (C=O) groups excluding carboxylic acids is 2. The third-order valence-corrected chi connectivity index (χ3v) is 5.37. The highest BCUT2D eigenvalue weighted by Crippen LogP contribution is 2.39. The molecule has 0 spiro atoms. The Balaban J connectivity index is 1.55. The molecule has 0 fully saturated rings. The molecule has 1 aliphatic heterocycles. The third-order valence-electron chi connectivity index (χ3n) is 3.98. The van der Waals surface area contributed by atoms with Crippen LogP contribution >= 0.6 is 11.8 Å². The van der Waals surface area contributed by atoms with Crippen molar-refractivity contribution in [3.05, 3.63) is 66.0 Å². The van der Waals surface area contributed by atoms with Crippen LogP contribution in [0.3, 0.4) is 0 Å². The van der Waals surface area contributed by atoms with Gasteiger partial charge in [-0.3, -0.25) is 9.78 Å². The van der Waals surface area contributed by atoms with Crippen LogP contribution in [0.25, 0.3) is 4.91 Å². The van der Waals surface area contributed by atoms with Gasteiger partial charge in [0.05, 0.1) is 7.11 Å². The van der Waals surface area contributed by atoms with Gasteiger partial charge >= 0.3 is 12.0 Å². The zero-order valence-corrected chi connectivity index (χ0v) is 15.5. The minimum Gasteiger partial charge on any atom is -0.468 e. The van der Waals surface area contributed by atoms with Gasteiger partial charge < -0.3 is 21.1 Å². The van der Waals surface area contributed by atoms with Crippen molar-refractivity contribution < 1.29 is 14.3 Å². The number of benzene rings is 1. The maximum atomic E-state index is 12.0. The molecule has 3 rings (SSSR count). The number of aromatic nitrogens is 1. The summed E-state index contributed by atoms with van der Waals surface area (Å²) in [7, 11) is 1.35. The van der Waals surface area contributed by atoms with Crippen LogP contribution in [0.2, 0.25) is 0 Å². The summed E-state index contributed by atoms with van der Waals surface area (Å²) in [5.41, 5.74) is 8.51. The van der Waals surface area contributed by atoms with Gasteiger partial charge in [0.1, 0.15) is 5.25 Å². The fourth-order valence-electron chi connectivity index (χ4n) is 2.58. The van der Waals surface area contributed by atoms with Crippen LogP contribution in [-0.4, -0.2) is 35.4 Å². The molecule has 0 saturated heterocycles. The number of esters is 1. The van der Waals surface area contributed by atoms with E-state index in [-0.39, 0.29) is 18.0 Å². The van der Waals surface area contributed by atoms with E-state index in [0.29, 0.717) is 12.2 Å².